The molecule has 1 aliphatic carbocycles. The number of nitrogens with zero attached hydrogens (tertiary/aromatic N) is 1. The Hall–Kier alpha value is -3.62. The third-order valence-electron chi connectivity index (χ3n) is 8.07. The van der Waals surface area contributed by atoms with Gasteiger partial charge in [-0.3, -0.25) is 9.59 Å². The number of benzene rings is 1. The van der Waals surface area contributed by atoms with Crippen LogP contribution in [-0.4, -0.2) is 48.2 Å². The van der Waals surface area contributed by atoms with Crippen LogP contribution >= 0.6 is 0 Å². The average molecular weight is 567 g/mol. The van der Waals surface area contributed by atoms with Crippen molar-refractivity contribution >= 4 is 17.8 Å². The molecule has 0 bridgehead atoms. The van der Waals surface area contributed by atoms with Gasteiger partial charge in [-0.15, -0.1) is 0 Å². The molecular formula is C32H42N2O7. The Morgan fingerprint density at radius 1 is 1.02 bits per heavy atom. The molecule has 1 amide bonds. The van der Waals surface area contributed by atoms with Crippen LogP contribution in [0.1, 0.15) is 88.5 Å². The van der Waals surface area contributed by atoms with Crippen LogP contribution in [-0.2, 0) is 14.3 Å². The third-order valence-corrected chi connectivity index (χ3v) is 8.07. The van der Waals surface area contributed by atoms with Crippen LogP contribution in [0, 0.1) is 11.8 Å². The fourth-order valence-corrected chi connectivity index (χ4v) is 5.92. The van der Waals surface area contributed by atoms with Crippen LogP contribution in [0.5, 0.6) is 17.2 Å². The van der Waals surface area contributed by atoms with Crippen molar-refractivity contribution in [2.24, 2.45) is 11.8 Å². The maximum atomic E-state index is 13.5. The van der Waals surface area contributed by atoms with Gasteiger partial charge in [-0.1, -0.05) is 63.6 Å². The molecule has 1 saturated heterocycles. The molecule has 0 radical (unpaired) electrons. The van der Waals surface area contributed by atoms with Gasteiger partial charge in [-0.25, -0.2) is 9.78 Å². The number of esters is 2. The Labute approximate surface area is 242 Å². The summed E-state index contributed by atoms with van der Waals surface area (Å²) in [6.45, 7) is 3.52. The summed E-state index contributed by atoms with van der Waals surface area (Å²) < 4.78 is 23.2. The van der Waals surface area contributed by atoms with E-state index in [4.69, 9.17) is 18.9 Å². The van der Waals surface area contributed by atoms with E-state index >= 15 is 0 Å². The Bertz CT molecular complexity index is 1170. The Balaban J connectivity index is 1.52. The molecule has 222 valence electrons. The summed E-state index contributed by atoms with van der Waals surface area (Å²) in [6.07, 6.45) is 9.75. The van der Waals surface area contributed by atoms with E-state index in [0.717, 1.165) is 31.4 Å². The highest BCUT2D eigenvalue weighted by molar-refractivity contribution is 5.98. The quantitative estimate of drug-likeness (QED) is 0.387. The van der Waals surface area contributed by atoms with Crippen LogP contribution in [0.15, 0.2) is 42.6 Å². The fraction of sp³-hybridized carbons (Fsp3) is 0.562. The maximum absolute atomic E-state index is 13.5. The van der Waals surface area contributed by atoms with E-state index in [2.05, 4.69) is 10.3 Å². The van der Waals surface area contributed by atoms with E-state index < -0.39 is 30.0 Å². The van der Waals surface area contributed by atoms with Gasteiger partial charge in [-0.05, 0) is 50.2 Å². The molecule has 0 unspecified atom stereocenters. The molecule has 1 saturated carbocycles. The number of carbonyl (C=O) groups excluding carboxylic acids is 3. The lowest BCUT2D eigenvalue weighted by atomic mass is 9.83. The van der Waals surface area contributed by atoms with Gasteiger partial charge in [0.1, 0.15) is 24.0 Å². The zero-order valence-electron chi connectivity index (χ0n) is 24.3. The van der Waals surface area contributed by atoms with E-state index in [9.17, 15) is 14.4 Å². The molecule has 9 heteroatoms. The van der Waals surface area contributed by atoms with E-state index in [1.165, 1.54) is 45.1 Å². The number of aromatic nitrogens is 1. The summed E-state index contributed by atoms with van der Waals surface area (Å²) in [7, 11) is 1.41. The number of para-hydroxylation sites is 1. The molecule has 1 aliphatic heterocycles. The van der Waals surface area contributed by atoms with Crippen molar-refractivity contribution in [1.82, 2.24) is 10.3 Å². The number of pyridine rings is 1. The molecule has 1 N–H and O–H groups in total. The van der Waals surface area contributed by atoms with Crippen molar-refractivity contribution in [2.75, 3.05) is 7.11 Å². The average Bonchev–Trinajstić information content (AvgIpc) is 3.50. The van der Waals surface area contributed by atoms with Crippen molar-refractivity contribution in [1.29, 1.82) is 0 Å². The smallest absolute Gasteiger partial charge is 0.329 e. The molecule has 2 aromatic rings. The minimum Gasteiger partial charge on any atom is -0.493 e. The van der Waals surface area contributed by atoms with Crippen molar-refractivity contribution < 1.29 is 33.3 Å². The number of nitrogens with one attached hydrogen (secondary N) is 1. The minimum absolute atomic E-state index is 0.0768. The lowest BCUT2D eigenvalue weighted by Gasteiger charge is -2.35. The largest absolute Gasteiger partial charge is 0.493 e. The molecule has 2 fully saturated rings. The number of methoxy groups -OCH3 is 1. The van der Waals surface area contributed by atoms with E-state index in [1.807, 2.05) is 37.3 Å². The second kappa shape index (κ2) is 14.8. The first-order chi connectivity index (χ1) is 19.9. The van der Waals surface area contributed by atoms with Gasteiger partial charge < -0.3 is 24.3 Å². The van der Waals surface area contributed by atoms with Gasteiger partial charge in [0.25, 0.3) is 5.91 Å². The first kappa shape index (κ1) is 30.3. The van der Waals surface area contributed by atoms with Crippen molar-refractivity contribution in [3.05, 3.63) is 48.3 Å². The number of amides is 1. The molecule has 2 heterocycles. The zero-order valence-corrected chi connectivity index (χ0v) is 24.3. The van der Waals surface area contributed by atoms with Crippen LogP contribution in [0.3, 0.4) is 0 Å². The normalized spacial score (nSPS) is 23.7. The lowest BCUT2D eigenvalue weighted by molar-refractivity contribution is -0.158. The number of hydrogen-bond acceptors (Lipinski definition) is 8. The van der Waals surface area contributed by atoms with E-state index in [1.54, 1.807) is 6.92 Å². The molecule has 4 atom stereocenters. The van der Waals surface area contributed by atoms with Gasteiger partial charge >= 0.3 is 11.9 Å². The van der Waals surface area contributed by atoms with Crippen molar-refractivity contribution in [3.63, 3.8) is 0 Å². The predicted octanol–water partition coefficient (Wildman–Crippen LogP) is 5.65. The SMILES string of the molecule is CCC(=O)Oc1c(OC)ccnc1C(=O)N[C@H]1CCCC[C@H](CC2CCCC2)[C@@H](Oc2ccccc2)[C@H](C)OC1=O. The summed E-state index contributed by atoms with van der Waals surface area (Å²) in [5, 5.41) is 2.78. The molecule has 9 nitrogen and oxygen atoms in total. The zero-order chi connectivity index (χ0) is 29.2. The number of cyclic esters (lactones) is 1. The van der Waals surface area contributed by atoms with Gasteiger partial charge in [0, 0.05) is 18.7 Å². The third kappa shape index (κ3) is 8.21. The standard InChI is InChI=1S/C32H42N2O7/c1-4-27(35)41-30-26(38-3)18-19-33-28(30)31(36)34-25-17-11-10-14-23(20-22-12-8-9-13-22)29(21(2)39-32(25)37)40-24-15-6-5-7-16-24/h5-7,15-16,18-19,21-23,25,29H,4,8-14,17,20H2,1-3H3,(H,34,36)/t21-,23+,25-,29-/m0/s1. The first-order valence-electron chi connectivity index (χ1n) is 14.9. The summed E-state index contributed by atoms with van der Waals surface area (Å²) in [5.41, 5.74) is -0.133. The number of hydrogen-bond donors (Lipinski definition) is 1. The fourth-order valence-electron chi connectivity index (χ4n) is 5.92. The summed E-state index contributed by atoms with van der Waals surface area (Å²) in [5.74, 6) is 0.0890. The highest BCUT2D eigenvalue weighted by Crippen LogP contribution is 2.36. The molecule has 1 aromatic heterocycles. The van der Waals surface area contributed by atoms with Gasteiger partial charge in [-0.2, -0.15) is 0 Å². The second-order valence-electron chi connectivity index (χ2n) is 11.0. The van der Waals surface area contributed by atoms with Crippen LogP contribution in [0.4, 0.5) is 0 Å². The molecule has 1 aromatic carbocycles. The highest BCUT2D eigenvalue weighted by atomic mass is 16.6. The van der Waals surface area contributed by atoms with Gasteiger partial charge in [0.15, 0.2) is 11.4 Å². The Morgan fingerprint density at radius 3 is 2.44 bits per heavy atom. The van der Waals surface area contributed by atoms with E-state index in [-0.39, 0.29) is 35.6 Å². The van der Waals surface area contributed by atoms with Gasteiger partial charge in [0.05, 0.1) is 7.11 Å². The monoisotopic (exact) mass is 566 g/mol. The van der Waals surface area contributed by atoms with Crippen LogP contribution in [0.2, 0.25) is 0 Å². The topological polar surface area (TPSA) is 113 Å². The molecule has 0 spiro atoms. The molecule has 41 heavy (non-hydrogen) atoms. The molecular weight excluding hydrogens is 524 g/mol. The predicted molar refractivity (Wildman–Crippen MR) is 153 cm³/mol. The summed E-state index contributed by atoms with van der Waals surface area (Å²) >= 11 is 0. The second-order valence-corrected chi connectivity index (χ2v) is 11.0. The van der Waals surface area contributed by atoms with Crippen molar-refractivity contribution in [2.45, 2.75) is 96.3 Å². The molecule has 2 aliphatic rings. The number of rotatable bonds is 9. The number of carbonyl (C=O) groups is 3. The van der Waals surface area contributed by atoms with E-state index in [0.29, 0.717) is 12.3 Å². The van der Waals surface area contributed by atoms with Gasteiger partial charge in [0.2, 0.25) is 5.75 Å². The summed E-state index contributed by atoms with van der Waals surface area (Å²) in [6, 6.07) is 10.3. The van der Waals surface area contributed by atoms with Crippen LogP contribution in [0.25, 0.3) is 0 Å². The van der Waals surface area contributed by atoms with Crippen LogP contribution < -0.4 is 19.5 Å². The Morgan fingerprint density at radius 2 is 1.73 bits per heavy atom. The summed E-state index contributed by atoms with van der Waals surface area (Å²) in [4.78, 5) is 43.0. The van der Waals surface area contributed by atoms with Crippen molar-refractivity contribution in [3.8, 4) is 17.2 Å². The first-order valence-corrected chi connectivity index (χ1v) is 14.9. The minimum atomic E-state index is -0.892. The molecule has 4 rings (SSSR count). The maximum Gasteiger partial charge on any atom is 0.329 e. The lowest BCUT2D eigenvalue weighted by Crippen LogP contribution is -2.47. The highest BCUT2D eigenvalue weighted by Gasteiger charge is 2.36. The number of ether oxygens (including phenoxy) is 4. The Kier molecular flexibility index (Phi) is 11.0.